The lowest BCUT2D eigenvalue weighted by Gasteiger charge is -2.21. The van der Waals surface area contributed by atoms with Crippen LogP contribution in [0.1, 0.15) is 49.3 Å². The predicted octanol–water partition coefficient (Wildman–Crippen LogP) is 6.83. The van der Waals surface area contributed by atoms with Gasteiger partial charge in [-0.15, -0.1) is 0 Å². The van der Waals surface area contributed by atoms with Gasteiger partial charge in [-0.05, 0) is 29.2 Å². The smallest absolute Gasteiger partial charge is 0.420 e. The van der Waals surface area contributed by atoms with Gasteiger partial charge < -0.3 is 4.74 Å². The molecular formula is C30H30N2O3. The van der Waals surface area contributed by atoms with Gasteiger partial charge in [0.2, 0.25) is 5.91 Å². The van der Waals surface area contributed by atoms with Crippen LogP contribution in [0.4, 0.5) is 4.79 Å². The lowest BCUT2D eigenvalue weighted by atomic mass is 9.94. The number of hydrogen-bond acceptors (Lipinski definition) is 3. The first-order valence-electron chi connectivity index (χ1n) is 12.0. The molecule has 3 aromatic carbocycles. The van der Waals surface area contributed by atoms with E-state index >= 15 is 0 Å². The van der Waals surface area contributed by atoms with E-state index in [1.54, 1.807) is 0 Å². The summed E-state index contributed by atoms with van der Waals surface area (Å²) in [6, 6.07) is 29.4. The number of benzene rings is 3. The molecule has 0 spiro atoms. The maximum atomic E-state index is 13.5. The van der Waals surface area contributed by atoms with Crippen LogP contribution in [-0.4, -0.2) is 22.7 Å². The van der Waals surface area contributed by atoms with Crippen LogP contribution in [0.3, 0.4) is 0 Å². The van der Waals surface area contributed by atoms with Gasteiger partial charge in [0.1, 0.15) is 12.4 Å². The summed E-state index contributed by atoms with van der Waals surface area (Å²) in [7, 11) is 0. The van der Waals surface area contributed by atoms with Gasteiger partial charge in [-0.1, -0.05) is 105 Å². The molecule has 1 heterocycles. The molecule has 1 fully saturated rings. The molecule has 2 atom stereocenters. The average Bonchev–Trinajstić information content (AvgIpc) is 3.25. The molecule has 2 unspecified atom stereocenters. The molecule has 1 aliphatic rings. The maximum Gasteiger partial charge on any atom is 0.420 e. The van der Waals surface area contributed by atoms with Crippen LogP contribution in [0.25, 0.3) is 6.08 Å². The first kappa shape index (κ1) is 24.1. The summed E-state index contributed by atoms with van der Waals surface area (Å²) in [5.74, 6) is -0.160. The lowest BCUT2D eigenvalue weighted by molar-refractivity contribution is -0.121. The van der Waals surface area contributed by atoms with E-state index in [0.29, 0.717) is 18.7 Å². The Morgan fingerprint density at radius 2 is 1.57 bits per heavy atom. The standard InChI is InChI=1S/C30H30N2O3/c1-3-22(2)29(33)31-28-20-26(25-17-11-6-12-18-25)27(19-23-13-7-4-8-14-23)32(28)30(34)35-21-24-15-9-5-10-16-24/h4-19,22,26H,3,20-21H2,1-2H3/b27-19-,31-28-. The molecule has 0 N–H and O–H groups in total. The van der Waals surface area contributed by atoms with Crippen LogP contribution >= 0.6 is 0 Å². The molecule has 3 aromatic rings. The van der Waals surface area contributed by atoms with E-state index in [4.69, 9.17) is 4.74 Å². The molecule has 0 saturated carbocycles. The Bertz CT molecular complexity index is 1200. The number of rotatable bonds is 6. The van der Waals surface area contributed by atoms with Crippen molar-refractivity contribution >= 4 is 23.9 Å². The molecule has 35 heavy (non-hydrogen) atoms. The summed E-state index contributed by atoms with van der Waals surface area (Å²) >= 11 is 0. The number of amides is 2. The average molecular weight is 467 g/mol. The third-order valence-corrected chi connectivity index (χ3v) is 6.24. The Kier molecular flexibility index (Phi) is 7.88. The monoisotopic (exact) mass is 466 g/mol. The highest BCUT2D eigenvalue weighted by atomic mass is 16.6. The minimum Gasteiger partial charge on any atom is -0.444 e. The second-order valence-corrected chi connectivity index (χ2v) is 8.70. The fraction of sp³-hybridized carbons (Fsp3) is 0.233. The normalized spacial score (nSPS) is 18.6. The highest BCUT2D eigenvalue weighted by Gasteiger charge is 2.40. The van der Waals surface area contributed by atoms with Crippen molar-refractivity contribution in [1.29, 1.82) is 0 Å². The van der Waals surface area contributed by atoms with Crippen molar-refractivity contribution in [2.45, 2.75) is 39.2 Å². The first-order valence-corrected chi connectivity index (χ1v) is 12.0. The van der Waals surface area contributed by atoms with Gasteiger partial charge in [-0.3, -0.25) is 4.79 Å². The minimum atomic E-state index is -0.537. The SMILES string of the molecule is CCC(C)C(=O)/N=C1/CC(c2ccccc2)/C(=C/c2ccccc2)N1C(=O)OCc1ccccc1. The van der Waals surface area contributed by atoms with E-state index < -0.39 is 6.09 Å². The number of allylic oxidation sites excluding steroid dienone is 1. The van der Waals surface area contributed by atoms with E-state index in [9.17, 15) is 9.59 Å². The molecule has 178 valence electrons. The van der Waals surface area contributed by atoms with Crippen LogP contribution < -0.4 is 0 Å². The number of likely N-dealkylation sites (tertiary alicyclic amines) is 1. The summed E-state index contributed by atoms with van der Waals surface area (Å²) in [5, 5.41) is 0. The number of carbonyl (C=O) groups excluding carboxylic acids is 2. The van der Waals surface area contributed by atoms with E-state index in [-0.39, 0.29) is 24.3 Å². The molecule has 2 amide bonds. The summed E-state index contributed by atoms with van der Waals surface area (Å²) in [6.07, 6.45) is 2.57. The Hall–Kier alpha value is -3.99. The van der Waals surface area contributed by atoms with Crippen molar-refractivity contribution in [3.05, 3.63) is 113 Å². The molecule has 4 rings (SSSR count). The molecule has 0 aromatic heterocycles. The quantitative estimate of drug-likeness (QED) is 0.400. The van der Waals surface area contributed by atoms with Gasteiger partial charge >= 0.3 is 6.09 Å². The van der Waals surface area contributed by atoms with Gasteiger partial charge in [0.05, 0.1) is 0 Å². The topological polar surface area (TPSA) is 59.0 Å². The highest BCUT2D eigenvalue weighted by molar-refractivity contribution is 6.06. The molecule has 0 bridgehead atoms. The van der Waals surface area contributed by atoms with Crippen LogP contribution in [0.2, 0.25) is 0 Å². The van der Waals surface area contributed by atoms with Gasteiger partial charge in [-0.2, -0.15) is 4.99 Å². The molecule has 5 heteroatoms. The Morgan fingerprint density at radius 1 is 0.971 bits per heavy atom. The van der Waals surface area contributed by atoms with Gasteiger partial charge in [0, 0.05) is 24.0 Å². The van der Waals surface area contributed by atoms with Gasteiger partial charge in [0.25, 0.3) is 0 Å². The van der Waals surface area contributed by atoms with Crippen LogP contribution in [-0.2, 0) is 16.1 Å². The molecule has 5 nitrogen and oxygen atoms in total. The zero-order valence-electron chi connectivity index (χ0n) is 20.1. The van der Waals surface area contributed by atoms with E-state index in [0.717, 1.165) is 22.4 Å². The molecule has 1 saturated heterocycles. The Morgan fingerprint density at radius 3 is 2.20 bits per heavy atom. The summed E-state index contributed by atoms with van der Waals surface area (Å²) < 4.78 is 5.72. The number of hydrogen-bond donors (Lipinski definition) is 0. The van der Waals surface area contributed by atoms with Crippen LogP contribution in [0.5, 0.6) is 0 Å². The van der Waals surface area contributed by atoms with E-state index in [1.807, 2.05) is 111 Å². The van der Waals surface area contributed by atoms with Crippen molar-refractivity contribution in [2.75, 3.05) is 0 Å². The number of carbonyl (C=O) groups is 2. The largest absolute Gasteiger partial charge is 0.444 e. The number of nitrogens with zero attached hydrogens (tertiary/aromatic N) is 2. The van der Waals surface area contributed by atoms with Gasteiger partial charge in [-0.25, -0.2) is 9.69 Å². The van der Waals surface area contributed by atoms with Crippen molar-refractivity contribution in [3.8, 4) is 0 Å². The zero-order valence-corrected chi connectivity index (χ0v) is 20.1. The van der Waals surface area contributed by atoms with Crippen molar-refractivity contribution in [3.63, 3.8) is 0 Å². The molecule has 1 aliphatic heterocycles. The zero-order chi connectivity index (χ0) is 24.6. The Labute approximate surface area is 206 Å². The molecule has 0 radical (unpaired) electrons. The van der Waals surface area contributed by atoms with E-state index in [1.165, 1.54) is 4.90 Å². The molecule has 0 aliphatic carbocycles. The summed E-state index contributed by atoms with van der Waals surface area (Å²) in [6.45, 7) is 3.95. The third-order valence-electron chi connectivity index (χ3n) is 6.24. The number of ether oxygens (including phenoxy) is 1. The Balaban J connectivity index is 1.76. The van der Waals surface area contributed by atoms with Crippen molar-refractivity contribution in [2.24, 2.45) is 10.9 Å². The maximum absolute atomic E-state index is 13.5. The predicted molar refractivity (Wildman–Crippen MR) is 139 cm³/mol. The van der Waals surface area contributed by atoms with Crippen LogP contribution in [0, 0.1) is 5.92 Å². The first-order chi connectivity index (χ1) is 17.1. The van der Waals surface area contributed by atoms with E-state index in [2.05, 4.69) is 4.99 Å². The van der Waals surface area contributed by atoms with Crippen molar-refractivity contribution < 1.29 is 14.3 Å². The summed E-state index contributed by atoms with van der Waals surface area (Å²) in [4.78, 5) is 32.2. The lowest BCUT2D eigenvalue weighted by Crippen LogP contribution is -2.32. The van der Waals surface area contributed by atoms with Crippen LogP contribution in [0.15, 0.2) is 102 Å². The number of amidine groups is 1. The highest BCUT2D eigenvalue weighted by Crippen LogP contribution is 2.40. The molecular weight excluding hydrogens is 436 g/mol. The fourth-order valence-corrected chi connectivity index (χ4v) is 4.04. The second-order valence-electron chi connectivity index (χ2n) is 8.70. The third kappa shape index (κ3) is 5.93. The van der Waals surface area contributed by atoms with Crippen molar-refractivity contribution in [1.82, 2.24) is 4.90 Å². The fourth-order valence-electron chi connectivity index (χ4n) is 4.04. The second kappa shape index (κ2) is 11.4. The number of aliphatic imine (C=N–C) groups is 1. The van der Waals surface area contributed by atoms with Gasteiger partial charge in [0.15, 0.2) is 0 Å². The summed E-state index contributed by atoms with van der Waals surface area (Å²) in [5.41, 5.74) is 3.65. The minimum absolute atomic E-state index is 0.135.